The van der Waals surface area contributed by atoms with E-state index in [-0.39, 0.29) is 0 Å². The molecule has 2 aliphatic heterocycles. The zero-order valence-electron chi connectivity index (χ0n) is 16.7. The van der Waals surface area contributed by atoms with Crippen LogP contribution in [-0.4, -0.2) is 47.2 Å². The van der Waals surface area contributed by atoms with Crippen LogP contribution >= 0.6 is 0 Å². The Labute approximate surface area is 167 Å². The second-order valence-corrected chi connectivity index (χ2v) is 8.23. The van der Waals surface area contributed by atoms with E-state index < -0.39 is 5.60 Å². The number of likely N-dealkylation sites (tertiary alicyclic amines) is 1. The van der Waals surface area contributed by atoms with Gasteiger partial charge < -0.3 is 10.0 Å². The highest BCUT2D eigenvalue weighted by atomic mass is 16.3. The lowest BCUT2D eigenvalue weighted by molar-refractivity contribution is 0.0385. The molecule has 1 N–H and O–H groups in total. The summed E-state index contributed by atoms with van der Waals surface area (Å²) < 4.78 is 0. The van der Waals surface area contributed by atoms with Crippen LogP contribution in [0.1, 0.15) is 41.6 Å². The second kappa shape index (κ2) is 7.54. The molecule has 2 saturated heterocycles. The molecule has 1 aromatic heterocycles. The number of piperidine rings is 1. The van der Waals surface area contributed by atoms with Gasteiger partial charge in [0.05, 0.1) is 5.56 Å². The molecule has 0 saturated carbocycles. The van der Waals surface area contributed by atoms with E-state index in [1.807, 2.05) is 50.2 Å². The van der Waals surface area contributed by atoms with E-state index in [0.29, 0.717) is 18.2 Å². The van der Waals surface area contributed by atoms with Gasteiger partial charge in [-0.3, -0.25) is 4.90 Å². The summed E-state index contributed by atoms with van der Waals surface area (Å²) in [4.78, 5) is 9.37. The average molecular weight is 377 g/mol. The first-order valence-electron chi connectivity index (χ1n) is 10.2. The Hall–Kier alpha value is -2.42. The first-order chi connectivity index (χ1) is 13.5. The van der Waals surface area contributed by atoms with E-state index in [0.717, 1.165) is 61.5 Å². The van der Waals surface area contributed by atoms with Crippen LogP contribution in [-0.2, 0) is 5.60 Å². The molecule has 146 valence electrons. The number of anilines is 1. The average Bonchev–Trinajstić information content (AvgIpc) is 3.12. The van der Waals surface area contributed by atoms with Gasteiger partial charge in [0.25, 0.3) is 0 Å². The molecule has 0 radical (unpaired) electrons. The molecule has 0 amide bonds. The van der Waals surface area contributed by atoms with Crippen molar-refractivity contribution in [2.45, 2.75) is 44.8 Å². The van der Waals surface area contributed by atoms with Crippen molar-refractivity contribution in [1.29, 1.82) is 5.26 Å². The molecule has 3 heterocycles. The van der Waals surface area contributed by atoms with Crippen LogP contribution in [0.3, 0.4) is 0 Å². The first kappa shape index (κ1) is 18.9. The summed E-state index contributed by atoms with van der Waals surface area (Å²) in [6, 6.07) is 14.8. The third kappa shape index (κ3) is 3.50. The lowest BCUT2D eigenvalue weighted by atomic mass is 9.93. The Bertz CT molecular complexity index is 883. The number of pyridine rings is 1. The smallest absolute Gasteiger partial charge is 0.147 e. The van der Waals surface area contributed by atoms with E-state index in [1.54, 1.807) is 0 Å². The standard InChI is InChI=1S/C23H28N4O/c1-17-14-18(2)25-22(21(17)15-24)26-11-8-20(9-12-26)27-13-10-23(28,16-27)19-6-4-3-5-7-19/h3-7,14,20,28H,8-13,16H2,1-2H3. The van der Waals surface area contributed by atoms with Crippen LogP contribution < -0.4 is 4.90 Å². The Morgan fingerprint density at radius 1 is 1.14 bits per heavy atom. The summed E-state index contributed by atoms with van der Waals surface area (Å²) in [5, 5.41) is 20.7. The monoisotopic (exact) mass is 376 g/mol. The van der Waals surface area contributed by atoms with Gasteiger partial charge in [0, 0.05) is 37.9 Å². The predicted molar refractivity (Wildman–Crippen MR) is 110 cm³/mol. The summed E-state index contributed by atoms with van der Waals surface area (Å²) in [7, 11) is 0. The lowest BCUT2D eigenvalue weighted by Crippen LogP contribution is -2.45. The van der Waals surface area contributed by atoms with Crippen LogP contribution in [0.2, 0.25) is 0 Å². The van der Waals surface area contributed by atoms with Crippen molar-refractivity contribution < 1.29 is 5.11 Å². The minimum atomic E-state index is -0.735. The molecule has 0 bridgehead atoms. The van der Waals surface area contributed by atoms with E-state index >= 15 is 0 Å². The molecule has 4 rings (SSSR count). The van der Waals surface area contributed by atoms with Crippen LogP contribution in [0.15, 0.2) is 36.4 Å². The van der Waals surface area contributed by atoms with E-state index in [1.165, 1.54) is 0 Å². The van der Waals surface area contributed by atoms with Gasteiger partial charge >= 0.3 is 0 Å². The number of aryl methyl sites for hydroxylation is 2. The number of nitrogens with zero attached hydrogens (tertiary/aromatic N) is 4. The third-order valence-electron chi connectivity index (χ3n) is 6.31. The molecule has 2 aromatic rings. The second-order valence-electron chi connectivity index (χ2n) is 8.23. The SMILES string of the molecule is Cc1cc(C)c(C#N)c(N2CCC(N3CCC(O)(c4ccccc4)C3)CC2)n1. The molecule has 2 fully saturated rings. The molecule has 5 heteroatoms. The maximum absolute atomic E-state index is 11.1. The van der Waals surface area contributed by atoms with E-state index in [2.05, 4.69) is 20.9 Å². The quantitative estimate of drug-likeness (QED) is 0.892. The summed E-state index contributed by atoms with van der Waals surface area (Å²) in [5.74, 6) is 0.834. The molecular weight excluding hydrogens is 348 g/mol. The highest BCUT2D eigenvalue weighted by Gasteiger charge is 2.40. The van der Waals surface area contributed by atoms with Crippen molar-refractivity contribution in [2.75, 3.05) is 31.1 Å². The van der Waals surface area contributed by atoms with Crippen molar-refractivity contribution >= 4 is 5.82 Å². The fraction of sp³-hybridized carbons (Fsp3) is 0.478. The highest BCUT2D eigenvalue weighted by molar-refractivity contribution is 5.58. The van der Waals surface area contributed by atoms with Gasteiger partial charge in [-0.15, -0.1) is 0 Å². The van der Waals surface area contributed by atoms with Crippen molar-refractivity contribution in [3.8, 4) is 6.07 Å². The molecular formula is C23H28N4O. The van der Waals surface area contributed by atoms with Crippen molar-refractivity contribution in [2.24, 2.45) is 0 Å². The number of β-amino-alcohol motifs (C(OH)–C–C–N with tert-alkyl or cyclic N) is 1. The molecule has 1 unspecified atom stereocenters. The summed E-state index contributed by atoms with van der Waals surface area (Å²) in [6.07, 6.45) is 2.85. The third-order valence-corrected chi connectivity index (χ3v) is 6.31. The molecule has 0 spiro atoms. The zero-order chi connectivity index (χ0) is 19.7. The predicted octanol–water partition coefficient (Wildman–Crippen LogP) is 3.13. The normalized spacial score (nSPS) is 23.7. The number of nitriles is 1. The van der Waals surface area contributed by atoms with Crippen LogP contribution in [0.25, 0.3) is 0 Å². The van der Waals surface area contributed by atoms with Crippen LogP contribution in [0.5, 0.6) is 0 Å². The van der Waals surface area contributed by atoms with Gasteiger partial charge in [0.1, 0.15) is 17.5 Å². The van der Waals surface area contributed by atoms with Crippen molar-refractivity contribution in [3.63, 3.8) is 0 Å². The molecule has 1 atom stereocenters. The fourth-order valence-electron chi connectivity index (χ4n) is 4.75. The summed E-state index contributed by atoms with van der Waals surface area (Å²) in [6.45, 7) is 7.40. The number of aliphatic hydroxyl groups is 1. The van der Waals surface area contributed by atoms with Crippen LogP contribution in [0.4, 0.5) is 5.82 Å². The Balaban J connectivity index is 1.43. The van der Waals surface area contributed by atoms with Gasteiger partial charge in [-0.2, -0.15) is 5.26 Å². The molecule has 2 aliphatic rings. The van der Waals surface area contributed by atoms with Crippen molar-refractivity contribution in [3.05, 3.63) is 58.8 Å². The van der Waals surface area contributed by atoms with Gasteiger partial charge in [0.15, 0.2) is 0 Å². The van der Waals surface area contributed by atoms with Crippen molar-refractivity contribution in [1.82, 2.24) is 9.88 Å². The first-order valence-corrected chi connectivity index (χ1v) is 10.2. The van der Waals surface area contributed by atoms with Gasteiger partial charge in [0.2, 0.25) is 0 Å². The molecule has 0 aliphatic carbocycles. The van der Waals surface area contributed by atoms with E-state index in [4.69, 9.17) is 0 Å². The summed E-state index contributed by atoms with van der Waals surface area (Å²) in [5.41, 5.74) is 2.94. The Morgan fingerprint density at radius 3 is 2.54 bits per heavy atom. The number of hydrogen-bond donors (Lipinski definition) is 1. The van der Waals surface area contributed by atoms with Crippen LogP contribution in [0, 0.1) is 25.2 Å². The molecule has 1 aromatic carbocycles. The molecule has 28 heavy (non-hydrogen) atoms. The number of benzene rings is 1. The number of rotatable bonds is 3. The van der Waals surface area contributed by atoms with E-state index in [9.17, 15) is 10.4 Å². The van der Waals surface area contributed by atoms with Gasteiger partial charge in [-0.1, -0.05) is 30.3 Å². The van der Waals surface area contributed by atoms with Gasteiger partial charge in [-0.05, 0) is 50.3 Å². The Morgan fingerprint density at radius 2 is 1.86 bits per heavy atom. The number of aromatic nitrogens is 1. The molecule has 5 nitrogen and oxygen atoms in total. The minimum absolute atomic E-state index is 0.477. The highest BCUT2D eigenvalue weighted by Crippen LogP contribution is 2.35. The number of hydrogen-bond acceptors (Lipinski definition) is 5. The fourth-order valence-corrected chi connectivity index (χ4v) is 4.75. The zero-order valence-corrected chi connectivity index (χ0v) is 16.7. The summed E-state index contributed by atoms with van der Waals surface area (Å²) >= 11 is 0. The lowest BCUT2D eigenvalue weighted by Gasteiger charge is -2.38. The Kier molecular flexibility index (Phi) is 5.09. The maximum Gasteiger partial charge on any atom is 0.147 e. The minimum Gasteiger partial charge on any atom is -0.384 e. The van der Waals surface area contributed by atoms with Gasteiger partial charge in [-0.25, -0.2) is 4.98 Å². The largest absolute Gasteiger partial charge is 0.384 e. The maximum atomic E-state index is 11.1. The topological polar surface area (TPSA) is 63.4 Å².